The molecule has 0 saturated heterocycles. The van der Waals surface area contributed by atoms with Crippen LogP contribution in [0.3, 0.4) is 0 Å². The molecule has 0 aromatic carbocycles. The number of nitrogens with zero attached hydrogens (tertiary/aromatic N) is 2. The highest BCUT2D eigenvalue weighted by Crippen LogP contribution is 2.19. The Hall–Kier alpha value is -1.39. The van der Waals surface area contributed by atoms with E-state index < -0.39 is 5.97 Å². The summed E-state index contributed by atoms with van der Waals surface area (Å²) in [4.78, 5) is 14.3. The summed E-state index contributed by atoms with van der Waals surface area (Å²) in [5.74, 6) is -0.863. The second kappa shape index (κ2) is 4.74. The van der Waals surface area contributed by atoms with Crippen molar-refractivity contribution in [2.75, 3.05) is 0 Å². The third-order valence-corrected chi connectivity index (χ3v) is 2.05. The van der Waals surface area contributed by atoms with Crippen LogP contribution >= 0.6 is 0 Å². The number of aromatic carboxylic acids is 1. The number of carboxylic acid groups (broad SMARTS) is 1. The second-order valence-corrected chi connectivity index (χ2v) is 3.30. The van der Waals surface area contributed by atoms with Gasteiger partial charge < -0.3 is 9.63 Å². The maximum absolute atomic E-state index is 10.5. The van der Waals surface area contributed by atoms with Crippen molar-refractivity contribution in [1.82, 2.24) is 10.1 Å². The molecule has 0 spiro atoms. The Balaban J connectivity index is 2.61. The lowest BCUT2D eigenvalue weighted by atomic mass is 10.0. The van der Waals surface area contributed by atoms with Crippen LogP contribution in [0.1, 0.15) is 55.5 Å². The van der Waals surface area contributed by atoms with E-state index in [1.165, 1.54) is 0 Å². The molecule has 0 amide bonds. The Kier molecular flexibility index (Phi) is 3.62. The maximum Gasteiger partial charge on any atom is 0.377 e. The van der Waals surface area contributed by atoms with Gasteiger partial charge >= 0.3 is 5.97 Å². The molecule has 1 aromatic heterocycles. The van der Waals surface area contributed by atoms with Crippen LogP contribution in [0.2, 0.25) is 0 Å². The standard InChI is InChI=1S/C9H14N2O3/c1-3-4-5-6(2)8-10-7(9(12)13)11-14-8/h6H,3-5H2,1-2H3,(H,12,13). The van der Waals surface area contributed by atoms with E-state index in [9.17, 15) is 4.79 Å². The van der Waals surface area contributed by atoms with Gasteiger partial charge in [-0.25, -0.2) is 4.79 Å². The Morgan fingerprint density at radius 2 is 2.36 bits per heavy atom. The predicted octanol–water partition coefficient (Wildman–Crippen LogP) is 2.06. The van der Waals surface area contributed by atoms with Crippen LogP contribution < -0.4 is 0 Å². The van der Waals surface area contributed by atoms with Gasteiger partial charge in [0.25, 0.3) is 5.82 Å². The number of hydrogen-bond acceptors (Lipinski definition) is 4. The first-order valence-electron chi connectivity index (χ1n) is 4.72. The smallest absolute Gasteiger partial charge is 0.377 e. The molecule has 0 bridgehead atoms. The summed E-state index contributed by atoms with van der Waals surface area (Å²) >= 11 is 0. The van der Waals surface area contributed by atoms with Gasteiger partial charge in [0.15, 0.2) is 0 Å². The van der Waals surface area contributed by atoms with E-state index in [0.29, 0.717) is 5.89 Å². The van der Waals surface area contributed by atoms with Gasteiger partial charge in [-0.2, -0.15) is 4.98 Å². The first-order valence-corrected chi connectivity index (χ1v) is 4.72. The molecular weight excluding hydrogens is 184 g/mol. The number of carboxylic acids is 1. The summed E-state index contributed by atoms with van der Waals surface area (Å²) in [7, 11) is 0. The predicted molar refractivity (Wildman–Crippen MR) is 49.2 cm³/mol. The Labute approximate surface area is 82.1 Å². The van der Waals surface area contributed by atoms with E-state index in [0.717, 1.165) is 19.3 Å². The average Bonchev–Trinajstić information content (AvgIpc) is 2.62. The fourth-order valence-corrected chi connectivity index (χ4v) is 1.16. The van der Waals surface area contributed by atoms with Crippen LogP contribution in [0.25, 0.3) is 0 Å². The van der Waals surface area contributed by atoms with Gasteiger partial charge in [-0.1, -0.05) is 26.7 Å². The van der Waals surface area contributed by atoms with Crippen molar-refractivity contribution in [3.63, 3.8) is 0 Å². The van der Waals surface area contributed by atoms with Gasteiger partial charge in [0.1, 0.15) is 0 Å². The van der Waals surface area contributed by atoms with Crippen molar-refractivity contribution in [1.29, 1.82) is 0 Å². The Bertz CT molecular complexity index is 309. The summed E-state index contributed by atoms with van der Waals surface area (Å²) < 4.78 is 4.84. The van der Waals surface area contributed by atoms with Crippen LogP contribution in [-0.2, 0) is 0 Å². The molecule has 1 atom stereocenters. The molecule has 5 nitrogen and oxygen atoms in total. The largest absolute Gasteiger partial charge is 0.475 e. The monoisotopic (exact) mass is 198 g/mol. The van der Waals surface area contributed by atoms with Gasteiger partial charge in [-0.3, -0.25) is 0 Å². The number of aromatic nitrogens is 2. The van der Waals surface area contributed by atoms with Gasteiger partial charge in [0.2, 0.25) is 5.89 Å². The molecular formula is C9H14N2O3. The third-order valence-electron chi connectivity index (χ3n) is 2.05. The minimum Gasteiger partial charge on any atom is -0.475 e. The first kappa shape index (κ1) is 10.7. The molecule has 14 heavy (non-hydrogen) atoms. The quantitative estimate of drug-likeness (QED) is 0.783. The van der Waals surface area contributed by atoms with E-state index in [1.54, 1.807) is 0 Å². The molecule has 1 heterocycles. The van der Waals surface area contributed by atoms with Crippen LogP contribution in [-0.4, -0.2) is 21.2 Å². The Morgan fingerprint density at radius 1 is 1.64 bits per heavy atom. The highest BCUT2D eigenvalue weighted by atomic mass is 16.5. The van der Waals surface area contributed by atoms with Gasteiger partial charge in [0, 0.05) is 5.92 Å². The zero-order valence-corrected chi connectivity index (χ0v) is 8.36. The maximum atomic E-state index is 10.5. The number of unbranched alkanes of at least 4 members (excludes halogenated alkanes) is 1. The minimum atomic E-state index is -1.15. The summed E-state index contributed by atoms with van der Waals surface area (Å²) in [6.45, 7) is 4.05. The molecule has 0 saturated carbocycles. The average molecular weight is 198 g/mol. The van der Waals surface area contributed by atoms with Crippen molar-refractivity contribution < 1.29 is 14.4 Å². The molecule has 1 unspecified atom stereocenters. The lowest BCUT2D eigenvalue weighted by Crippen LogP contribution is -2.00. The van der Waals surface area contributed by atoms with Crippen LogP contribution in [0.15, 0.2) is 4.52 Å². The normalized spacial score (nSPS) is 12.7. The van der Waals surface area contributed by atoms with E-state index in [2.05, 4.69) is 17.1 Å². The third kappa shape index (κ3) is 2.55. The topological polar surface area (TPSA) is 76.2 Å². The van der Waals surface area contributed by atoms with E-state index in [4.69, 9.17) is 9.63 Å². The lowest BCUT2D eigenvalue weighted by molar-refractivity contribution is 0.0680. The van der Waals surface area contributed by atoms with Gasteiger partial charge in [0.05, 0.1) is 0 Å². The van der Waals surface area contributed by atoms with Crippen LogP contribution in [0.5, 0.6) is 0 Å². The molecule has 0 aliphatic heterocycles. The molecule has 78 valence electrons. The second-order valence-electron chi connectivity index (χ2n) is 3.30. The summed E-state index contributed by atoms with van der Waals surface area (Å²) in [6, 6.07) is 0. The van der Waals surface area contributed by atoms with Crippen molar-refractivity contribution in [3.05, 3.63) is 11.7 Å². The summed E-state index contributed by atoms with van der Waals surface area (Å²) in [6.07, 6.45) is 3.12. The number of carbonyl (C=O) groups is 1. The molecule has 0 fully saturated rings. The van der Waals surface area contributed by atoms with Crippen molar-refractivity contribution in [2.45, 2.75) is 39.0 Å². The lowest BCUT2D eigenvalue weighted by Gasteiger charge is -2.03. The summed E-state index contributed by atoms with van der Waals surface area (Å²) in [5.41, 5.74) is 0. The number of rotatable bonds is 5. The first-order chi connectivity index (χ1) is 6.65. The van der Waals surface area contributed by atoms with Crippen molar-refractivity contribution >= 4 is 5.97 Å². The fourth-order valence-electron chi connectivity index (χ4n) is 1.16. The van der Waals surface area contributed by atoms with Crippen molar-refractivity contribution in [3.8, 4) is 0 Å². The zero-order chi connectivity index (χ0) is 10.6. The molecule has 0 radical (unpaired) electrons. The molecule has 0 aliphatic carbocycles. The number of hydrogen-bond donors (Lipinski definition) is 1. The highest BCUT2D eigenvalue weighted by molar-refractivity contribution is 5.82. The molecule has 0 aliphatic rings. The van der Waals surface area contributed by atoms with Crippen molar-refractivity contribution in [2.24, 2.45) is 0 Å². The van der Waals surface area contributed by atoms with Gasteiger partial charge in [-0.15, -0.1) is 0 Å². The highest BCUT2D eigenvalue weighted by Gasteiger charge is 2.17. The van der Waals surface area contributed by atoms with Crippen LogP contribution in [0.4, 0.5) is 0 Å². The van der Waals surface area contributed by atoms with Gasteiger partial charge in [-0.05, 0) is 11.6 Å². The summed E-state index contributed by atoms with van der Waals surface area (Å²) in [5, 5.41) is 11.9. The van der Waals surface area contributed by atoms with E-state index >= 15 is 0 Å². The SMILES string of the molecule is CCCCC(C)c1nc(C(=O)O)no1. The van der Waals surface area contributed by atoms with E-state index in [1.807, 2.05) is 6.92 Å². The Morgan fingerprint density at radius 3 is 2.86 bits per heavy atom. The van der Waals surface area contributed by atoms with E-state index in [-0.39, 0.29) is 11.7 Å². The minimum absolute atomic E-state index is 0.135. The fraction of sp³-hybridized carbons (Fsp3) is 0.667. The molecule has 1 N–H and O–H groups in total. The van der Waals surface area contributed by atoms with Crippen LogP contribution in [0, 0.1) is 0 Å². The zero-order valence-electron chi connectivity index (χ0n) is 8.36. The molecule has 1 aromatic rings. The molecule has 5 heteroatoms. The molecule has 1 rings (SSSR count).